The average molecular weight is 364 g/mol. The highest BCUT2D eigenvalue weighted by molar-refractivity contribution is 5.77. The number of aromatic amines is 1. The molecule has 27 heavy (non-hydrogen) atoms. The maximum atomic E-state index is 12.5. The van der Waals surface area contributed by atoms with Gasteiger partial charge in [-0.3, -0.25) is 14.6 Å². The third-order valence-corrected chi connectivity index (χ3v) is 4.75. The Hall–Kier alpha value is -3.29. The van der Waals surface area contributed by atoms with E-state index in [-0.39, 0.29) is 17.9 Å². The summed E-state index contributed by atoms with van der Waals surface area (Å²) in [6, 6.07) is 7.39. The van der Waals surface area contributed by atoms with E-state index < -0.39 is 0 Å². The van der Waals surface area contributed by atoms with Crippen LogP contribution in [0.1, 0.15) is 12.1 Å². The van der Waals surface area contributed by atoms with Gasteiger partial charge in [-0.2, -0.15) is 0 Å². The zero-order valence-corrected chi connectivity index (χ0v) is 14.8. The Labute approximate surface area is 155 Å². The minimum atomic E-state index is -0.228. The molecule has 1 aliphatic heterocycles. The van der Waals surface area contributed by atoms with Crippen molar-refractivity contribution in [3.05, 3.63) is 58.9 Å². The van der Waals surface area contributed by atoms with E-state index in [2.05, 4.69) is 24.8 Å². The van der Waals surface area contributed by atoms with Gasteiger partial charge in [-0.05, 0) is 12.1 Å². The van der Waals surface area contributed by atoms with Crippen LogP contribution < -0.4 is 10.5 Å². The lowest BCUT2D eigenvalue weighted by Crippen LogP contribution is -2.49. The largest absolute Gasteiger partial charge is 0.352 e. The van der Waals surface area contributed by atoms with Gasteiger partial charge in [0.2, 0.25) is 5.91 Å². The summed E-state index contributed by atoms with van der Waals surface area (Å²) in [6.45, 7) is 2.71. The molecule has 2 aromatic heterocycles. The standard InChI is InChI=1S/C19H20N6O2/c26-18(25-11-9-24(10-12-25)17-13-20-7-8-21-17)6-5-16-19(27)23-15-4-2-1-3-14(15)22-16/h1-4,7-8,13H,5-6,9-12H2,(H,23,27). The van der Waals surface area contributed by atoms with Crippen LogP contribution in [0, 0.1) is 0 Å². The number of H-pyrrole nitrogens is 1. The van der Waals surface area contributed by atoms with Gasteiger partial charge in [-0.25, -0.2) is 9.97 Å². The Morgan fingerprint density at radius 2 is 1.93 bits per heavy atom. The Balaban J connectivity index is 1.35. The van der Waals surface area contributed by atoms with Gasteiger partial charge in [-0.1, -0.05) is 12.1 Å². The topological polar surface area (TPSA) is 95.1 Å². The monoisotopic (exact) mass is 364 g/mol. The molecule has 0 saturated carbocycles. The molecule has 0 unspecified atom stereocenters. The van der Waals surface area contributed by atoms with Gasteiger partial charge in [0, 0.05) is 51.4 Å². The van der Waals surface area contributed by atoms with Crippen LogP contribution in [0.3, 0.4) is 0 Å². The molecule has 8 nitrogen and oxygen atoms in total. The number of nitrogens with one attached hydrogen (secondary N) is 1. The number of nitrogens with zero attached hydrogens (tertiary/aromatic N) is 5. The second-order valence-corrected chi connectivity index (χ2v) is 6.46. The van der Waals surface area contributed by atoms with Crippen molar-refractivity contribution in [1.82, 2.24) is 24.8 Å². The van der Waals surface area contributed by atoms with Crippen molar-refractivity contribution in [2.75, 3.05) is 31.1 Å². The lowest BCUT2D eigenvalue weighted by atomic mass is 10.2. The molecule has 0 atom stereocenters. The number of piperazine rings is 1. The Morgan fingerprint density at radius 1 is 1.11 bits per heavy atom. The lowest BCUT2D eigenvalue weighted by Gasteiger charge is -2.35. The van der Waals surface area contributed by atoms with Crippen LogP contribution in [-0.2, 0) is 11.2 Å². The fourth-order valence-corrected chi connectivity index (χ4v) is 3.26. The molecular weight excluding hydrogens is 344 g/mol. The highest BCUT2D eigenvalue weighted by Crippen LogP contribution is 2.13. The molecular formula is C19H20N6O2. The molecule has 1 fully saturated rings. The van der Waals surface area contributed by atoms with Gasteiger partial charge < -0.3 is 14.8 Å². The van der Waals surface area contributed by atoms with Crippen LogP contribution in [0.2, 0.25) is 0 Å². The van der Waals surface area contributed by atoms with Gasteiger partial charge in [0.25, 0.3) is 5.56 Å². The second-order valence-electron chi connectivity index (χ2n) is 6.46. The van der Waals surface area contributed by atoms with Gasteiger partial charge in [0.1, 0.15) is 11.5 Å². The maximum Gasteiger partial charge on any atom is 0.270 e. The fraction of sp³-hybridized carbons (Fsp3) is 0.316. The number of benzene rings is 1. The van der Waals surface area contributed by atoms with E-state index in [9.17, 15) is 9.59 Å². The number of carbonyl (C=O) groups excluding carboxylic acids is 1. The first-order valence-electron chi connectivity index (χ1n) is 8.97. The van der Waals surface area contributed by atoms with Gasteiger partial charge in [0.05, 0.1) is 17.2 Å². The Kier molecular flexibility index (Phi) is 4.78. The summed E-state index contributed by atoms with van der Waals surface area (Å²) >= 11 is 0. The summed E-state index contributed by atoms with van der Waals surface area (Å²) < 4.78 is 0. The molecule has 0 spiro atoms. The van der Waals surface area contributed by atoms with Crippen molar-refractivity contribution in [2.24, 2.45) is 0 Å². The van der Waals surface area contributed by atoms with Crippen molar-refractivity contribution < 1.29 is 4.79 Å². The molecule has 1 aliphatic rings. The maximum absolute atomic E-state index is 12.5. The van der Waals surface area contributed by atoms with Crippen LogP contribution in [0.5, 0.6) is 0 Å². The quantitative estimate of drug-likeness (QED) is 0.742. The third kappa shape index (κ3) is 3.79. The van der Waals surface area contributed by atoms with Crippen molar-refractivity contribution in [3.63, 3.8) is 0 Å². The summed E-state index contributed by atoms with van der Waals surface area (Å²) in [5.41, 5.74) is 1.61. The predicted molar refractivity (Wildman–Crippen MR) is 102 cm³/mol. The molecule has 0 aliphatic carbocycles. The van der Waals surface area contributed by atoms with E-state index in [0.717, 1.165) is 24.4 Å². The zero-order valence-electron chi connectivity index (χ0n) is 14.8. The van der Waals surface area contributed by atoms with Crippen molar-refractivity contribution in [3.8, 4) is 0 Å². The average Bonchev–Trinajstić information content (AvgIpc) is 2.73. The van der Waals surface area contributed by atoms with Crippen LogP contribution in [0.25, 0.3) is 11.0 Å². The highest BCUT2D eigenvalue weighted by atomic mass is 16.2. The first-order valence-corrected chi connectivity index (χ1v) is 8.97. The molecule has 0 radical (unpaired) electrons. The molecule has 3 aromatic rings. The van der Waals surface area contributed by atoms with Crippen LogP contribution in [0.4, 0.5) is 5.82 Å². The number of hydrogen-bond donors (Lipinski definition) is 1. The normalized spacial score (nSPS) is 14.5. The smallest absolute Gasteiger partial charge is 0.270 e. The van der Waals surface area contributed by atoms with E-state index in [1.807, 2.05) is 29.2 Å². The van der Waals surface area contributed by atoms with Crippen molar-refractivity contribution in [2.45, 2.75) is 12.8 Å². The number of amides is 1. The van der Waals surface area contributed by atoms with E-state index in [1.165, 1.54) is 0 Å². The Bertz CT molecular complexity index is 996. The first kappa shape index (κ1) is 17.1. The first-order chi connectivity index (χ1) is 13.2. The van der Waals surface area contributed by atoms with Crippen molar-refractivity contribution in [1.29, 1.82) is 0 Å². The zero-order chi connectivity index (χ0) is 18.6. The molecule has 1 aromatic carbocycles. The highest BCUT2D eigenvalue weighted by Gasteiger charge is 2.22. The van der Waals surface area contributed by atoms with E-state index in [1.54, 1.807) is 18.6 Å². The van der Waals surface area contributed by atoms with E-state index in [4.69, 9.17) is 0 Å². The summed E-state index contributed by atoms with van der Waals surface area (Å²) in [6.07, 6.45) is 5.66. The number of fused-ring (bicyclic) bond motifs is 1. The van der Waals surface area contributed by atoms with E-state index >= 15 is 0 Å². The predicted octanol–water partition coefficient (Wildman–Crippen LogP) is 0.994. The van der Waals surface area contributed by atoms with E-state index in [0.29, 0.717) is 30.7 Å². The molecule has 1 amide bonds. The number of rotatable bonds is 4. The fourth-order valence-electron chi connectivity index (χ4n) is 3.26. The molecule has 1 saturated heterocycles. The summed E-state index contributed by atoms with van der Waals surface area (Å²) in [5, 5.41) is 0. The van der Waals surface area contributed by atoms with Crippen LogP contribution in [-0.4, -0.2) is 56.9 Å². The van der Waals surface area contributed by atoms with Crippen LogP contribution >= 0.6 is 0 Å². The molecule has 3 heterocycles. The van der Waals surface area contributed by atoms with Gasteiger partial charge in [0.15, 0.2) is 0 Å². The lowest BCUT2D eigenvalue weighted by molar-refractivity contribution is -0.131. The number of aromatic nitrogens is 4. The number of hydrogen-bond acceptors (Lipinski definition) is 6. The van der Waals surface area contributed by atoms with Crippen molar-refractivity contribution >= 4 is 22.8 Å². The number of carbonyl (C=O) groups is 1. The number of aryl methyl sites for hydroxylation is 1. The third-order valence-electron chi connectivity index (χ3n) is 4.75. The summed E-state index contributed by atoms with van der Waals surface area (Å²) in [5.74, 6) is 0.875. The minimum absolute atomic E-state index is 0.0446. The SMILES string of the molecule is O=C(CCc1nc2ccccc2[nH]c1=O)N1CCN(c2cnccn2)CC1. The molecule has 0 bridgehead atoms. The minimum Gasteiger partial charge on any atom is -0.352 e. The molecule has 8 heteroatoms. The molecule has 4 rings (SSSR count). The molecule has 1 N–H and O–H groups in total. The number of anilines is 1. The molecule has 138 valence electrons. The van der Waals surface area contributed by atoms with Crippen LogP contribution in [0.15, 0.2) is 47.7 Å². The summed E-state index contributed by atoms with van der Waals surface area (Å²) in [4.78, 5) is 44.2. The van der Waals surface area contributed by atoms with Gasteiger partial charge in [-0.15, -0.1) is 0 Å². The number of para-hydroxylation sites is 2. The Morgan fingerprint density at radius 3 is 2.70 bits per heavy atom. The summed E-state index contributed by atoms with van der Waals surface area (Å²) in [7, 11) is 0. The van der Waals surface area contributed by atoms with Gasteiger partial charge >= 0.3 is 0 Å². The second kappa shape index (κ2) is 7.53.